The van der Waals surface area contributed by atoms with Crippen molar-refractivity contribution in [1.29, 1.82) is 0 Å². The first kappa shape index (κ1) is 18.6. The summed E-state index contributed by atoms with van der Waals surface area (Å²) in [6.45, 7) is 5.31. The van der Waals surface area contributed by atoms with E-state index in [4.69, 9.17) is 4.74 Å². The van der Waals surface area contributed by atoms with E-state index in [1.807, 2.05) is 22.0 Å². The third-order valence-corrected chi connectivity index (χ3v) is 5.55. The normalized spacial score (nSPS) is 22.9. The van der Waals surface area contributed by atoms with Crippen molar-refractivity contribution < 1.29 is 14.3 Å². The summed E-state index contributed by atoms with van der Waals surface area (Å²) in [5, 5.41) is 0. The minimum absolute atomic E-state index is 0.00419. The molecule has 150 valence electrons. The molecule has 1 saturated heterocycles. The van der Waals surface area contributed by atoms with Gasteiger partial charge in [-0.2, -0.15) is 0 Å². The molecule has 3 aliphatic heterocycles. The van der Waals surface area contributed by atoms with E-state index < -0.39 is 0 Å². The van der Waals surface area contributed by atoms with Crippen LogP contribution in [0.15, 0.2) is 30.1 Å². The van der Waals surface area contributed by atoms with E-state index in [1.54, 1.807) is 19.3 Å². The van der Waals surface area contributed by atoms with Crippen LogP contribution in [0, 0.1) is 0 Å². The molecule has 4 rings (SSSR count). The molecular formula is C19H26N6O3. The summed E-state index contributed by atoms with van der Waals surface area (Å²) in [6, 6.07) is 1.78. The van der Waals surface area contributed by atoms with Gasteiger partial charge in [-0.15, -0.1) is 0 Å². The number of amides is 2. The van der Waals surface area contributed by atoms with Crippen molar-refractivity contribution in [1.82, 2.24) is 25.6 Å². The zero-order valence-electron chi connectivity index (χ0n) is 16.4. The maximum absolute atomic E-state index is 13.0. The van der Waals surface area contributed by atoms with Crippen molar-refractivity contribution in [2.75, 3.05) is 25.2 Å². The van der Waals surface area contributed by atoms with Crippen LogP contribution in [-0.4, -0.2) is 59.1 Å². The summed E-state index contributed by atoms with van der Waals surface area (Å²) in [7, 11) is 1.74. The molecule has 3 N–H and O–H groups in total. The number of aromatic nitrogens is 1. The Labute approximate surface area is 164 Å². The van der Waals surface area contributed by atoms with Crippen LogP contribution >= 0.6 is 0 Å². The Balaban J connectivity index is 1.58. The Morgan fingerprint density at radius 3 is 2.93 bits per heavy atom. The van der Waals surface area contributed by atoms with Gasteiger partial charge in [-0.3, -0.25) is 19.9 Å². The Morgan fingerprint density at radius 2 is 2.25 bits per heavy atom. The van der Waals surface area contributed by atoms with Gasteiger partial charge in [-0.05, 0) is 45.9 Å². The summed E-state index contributed by atoms with van der Waals surface area (Å²) in [6.07, 6.45) is 7.92. The Morgan fingerprint density at radius 1 is 1.43 bits per heavy atom. The number of nitrogens with zero attached hydrogens (tertiary/aromatic N) is 3. The highest BCUT2D eigenvalue weighted by Crippen LogP contribution is 2.39. The van der Waals surface area contributed by atoms with Crippen LogP contribution in [0.1, 0.15) is 37.2 Å². The molecule has 28 heavy (non-hydrogen) atoms. The maximum Gasteiger partial charge on any atom is 0.270 e. The molecule has 0 saturated carbocycles. The SMILES string of the molecule is CNNC1C=C(N2COc3cc(C(=O)N4CCCC4(C)C)[nH]c32)C=CN1C=O. The lowest BCUT2D eigenvalue weighted by Gasteiger charge is -2.31. The van der Waals surface area contributed by atoms with Gasteiger partial charge in [0, 0.05) is 30.0 Å². The summed E-state index contributed by atoms with van der Waals surface area (Å²) in [5.74, 6) is 1.40. The third kappa shape index (κ3) is 3.06. The monoisotopic (exact) mass is 386 g/mol. The van der Waals surface area contributed by atoms with E-state index in [1.165, 1.54) is 4.90 Å². The van der Waals surface area contributed by atoms with Gasteiger partial charge in [0.25, 0.3) is 5.91 Å². The van der Waals surface area contributed by atoms with Gasteiger partial charge in [-0.1, -0.05) is 0 Å². The fourth-order valence-corrected chi connectivity index (χ4v) is 3.99. The number of anilines is 1. The van der Waals surface area contributed by atoms with Gasteiger partial charge >= 0.3 is 0 Å². The zero-order chi connectivity index (χ0) is 19.9. The second kappa shape index (κ2) is 6.99. The fraction of sp³-hybridized carbons (Fsp3) is 0.474. The third-order valence-electron chi connectivity index (χ3n) is 5.55. The lowest BCUT2D eigenvalue weighted by Crippen LogP contribution is -2.48. The van der Waals surface area contributed by atoms with E-state index in [0.717, 1.165) is 37.3 Å². The van der Waals surface area contributed by atoms with Gasteiger partial charge in [0.05, 0.1) is 0 Å². The number of fused-ring (bicyclic) bond motifs is 1. The number of hydrogen-bond donors (Lipinski definition) is 3. The second-order valence-electron chi connectivity index (χ2n) is 7.77. The number of carbonyl (C=O) groups excluding carboxylic acids is 2. The van der Waals surface area contributed by atoms with Crippen molar-refractivity contribution >= 4 is 18.1 Å². The van der Waals surface area contributed by atoms with Crippen molar-refractivity contribution in [3.05, 3.63) is 35.8 Å². The van der Waals surface area contributed by atoms with Crippen LogP contribution in [-0.2, 0) is 4.79 Å². The minimum Gasteiger partial charge on any atom is -0.469 e. The molecule has 9 nitrogen and oxygen atoms in total. The highest BCUT2D eigenvalue weighted by atomic mass is 16.5. The highest BCUT2D eigenvalue weighted by molar-refractivity contribution is 5.95. The Bertz CT molecular complexity index is 843. The lowest BCUT2D eigenvalue weighted by molar-refractivity contribution is -0.117. The summed E-state index contributed by atoms with van der Waals surface area (Å²) >= 11 is 0. The van der Waals surface area contributed by atoms with Gasteiger partial charge < -0.3 is 19.5 Å². The molecule has 9 heteroatoms. The van der Waals surface area contributed by atoms with E-state index >= 15 is 0 Å². The van der Waals surface area contributed by atoms with Crippen LogP contribution in [0.25, 0.3) is 0 Å². The number of nitrogens with one attached hydrogen (secondary N) is 3. The van der Waals surface area contributed by atoms with Gasteiger partial charge in [0.15, 0.2) is 18.3 Å². The molecule has 2 amide bonds. The molecule has 0 aromatic carbocycles. The largest absolute Gasteiger partial charge is 0.469 e. The summed E-state index contributed by atoms with van der Waals surface area (Å²) < 4.78 is 5.79. The molecule has 0 aliphatic carbocycles. The van der Waals surface area contributed by atoms with Gasteiger partial charge in [0.1, 0.15) is 11.9 Å². The molecule has 0 spiro atoms. The topological polar surface area (TPSA) is 92.9 Å². The molecule has 3 aliphatic rings. The van der Waals surface area contributed by atoms with Gasteiger partial charge in [0.2, 0.25) is 6.41 Å². The summed E-state index contributed by atoms with van der Waals surface area (Å²) in [5.41, 5.74) is 7.13. The molecule has 0 radical (unpaired) electrons. The number of allylic oxidation sites excluding steroid dienone is 1. The maximum atomic E-state index is 13.0. The van der Waals surface area contributed by atoms with Crippen LogP contribution in [0.3, 0.4) is 0 Å². The molecule has 1 aromatic rings. The first-order chi connectivity index (χ1) is 13.4. The number of hydrogen-bond acceptors (Lipinski definition) is 6. The fourth-order valence-electron chi connectivity index (χ4n) is 3.99. The van der Waals surface area contributed by atoms with Crippen LogP contribution in [0.5, 0.6) is 5.75 Å². The average Bonchev–Trinajstić information content (AvgIpc) is 3.34. The zero-order valence-corrected chi connectivity index (χ0v) is 16.4. The quantitative estimate of drug-likeness (QED) is 0.519. The van der Waals surface area contributed by atoms with Crippen molar-refractivity contribution in [3.8, 4) is 5.75 Å². The number of aromatic amines is 1. The predicted octanol–water partition coefficient (Wildman–Crippen LogP) is 1.11. The average molecular weight is 386 g/mol. The van der Waals surface area contributed by atoms with Crippen molar-refractivity contribution in [2.24, 2.45) is 0 Å². The number of hydrazine groups is 1. The standard InChI is InChI=1S/C19H26N6O3/c1-19(2)6-4-7-25(19)18(27)14-10-15-17(21-14)24(12-28-15)13-5-8-23(11-26)16(9-13)22-20-3/h5,8-11,16,20-22H,4,6-7,12H2,1-3H3. The molecule has 1 unspecified atom stereocenters. The number of likely N-dealkylation sites (tertiary alicyclic amines) is 1. The first-order valence-corrected chi connectivity index (χ1v) is 9.45. The van der Waals surface area contributed by atoms with E-state index in [0.29, 0.717) is 18.2 Å². The number of carbonyl (C=O) groups is 2. The van der Waals surface area contributed by atoms with Crippen LogP contribution < -0.4 is 20.5 Å². The van der Waals surface area contributed by atoms with E-state index in [-0.39, 0.29) is 17.6 Å². The smallest absolute Gasteiger partial charge is 0.270 e. The van der Waals surface area contributed by atoms with Crippen molar-refractivity contribution in [3.63, 3.8) is 0 Å². The van der Waals surface area contributed by atoms with Gasteiger partial charge in [-0.25, -0.2) is 5.43 Å². The molecule has 1 aromatic heterocycles. The Kier molecular flexibility index (Phi) is 4.64. The molecule has 1 fully saturated rings. The first-order valence-electron chi connectivity index (χ1n) is 9.45. The molecule has 4 heterocycles. The second-order valence-corrected chi connectivity index (χ2v) is 7.77. The minimum atomic E-state index is -0.326. The highest BCUT2D eigenvalue weighted by Gasteiger charge is 2.38. The van der Waals surface area contributed by atoms with Crippen LogP contribution in [0.2, 0.25) is 0 Å². The van der Waals surface area contributed by atoms with Crippen LogP contribution in [0.4, 0.5) is 5.82 Å². The molecule has 0 bridgehead atoms. The lowest BCUT2D eigenvalue weighted by atomic mass is 10.0. The number of rotatable bonds is 5. The molecule has 1 atom stereocenters. The van der Waals surface area contributed by atoms with E-state index in [9.17, 15) is 9.59 Å². The summed E-state index contributed by atoms with van der Waals surface area (Å²) in [4.78, 5) is 32.8. The molecular weight excluding hydrogens is 360 g/mol. The Hall–Kier alpha value is -2.78. The van der Waals surface area contributed by atoms with E-state index in [2.05, 4.69) is 29.7 Å². The van der Waals surface area contributed by atoms with Crippen molar-refractivity contribution in [2.45, 2.75) is 38.4 Å². The predicted molar refractivity (Wildman–Crippen MR) is 104 cm³/mol. The number of H-pyrrole nitrogens is 1. The number of ether oxygens (including phenoxy) is 1.